The maximum absolute atomic E-state index is 12.7. The number of hydrogen-bond donors (Lipinski definition) is 1. The third-order valence-corrected chi connectivity index (χ3v) is 4.64. The highest BCUT2D eigenvalue weighted by molar-refractivity contribution is 5.94. The van der Waals surface area contributed by atoms with Crippen LogP contribution in [0.1, 0.15) is 28.7 Å². The van der Waals surface area contributed by atoms with Crippen LogP contribution in [0.2, 0.25) is 0 Å². The van der Waals surface area contributed by atoms with Crippen LogP contribution in [-0.4, -0.2) is 27.0 Å². The number of hydrogen-bond acceptors (Lipinski definition) is 4. The molecule has 1 amide bonds. The molecule has 0 fully saturated rings. The smallest absolute Gasteiger partial charge is 0.251 e. The highest BCUT2D eigenvalue weighted by atomic mass is 16.5. The van der Waals surface area contributed by atoms with Gasteiger partial charge in [-0.3, -0.25) is 9.36 Å². The summed E-state index contributed by atoms with van der Waals surface area (Å²) in [5, 5.41) is 2.97. The molecule has 2 aromatic heterocycles. The van der Waals surface area contributed by atoms with E-state index in [1.54, 1.807) is 12.3 Å². The Morgan fingerprint density at radius 1 is 1.10 bits per heavy atom. The molecule has 0 aliphatic heterocycles. The van der Waals surface area contributed by atoms with Gasteiger partial charge in [0.25, 0.3) is 5.91 Å². The molecule has 4 aromatic rings. The van der Waals surface area contributed by atoms with Gasteiger partial charge in [-0.05, 0) is 61.9 Å². The van der Waals surface area contributed by atoms with Gasteiger partial charge in [0, 0.05) is 24.0 Å². The summed E-state index contributed by atoms with van der Waals surface area (Å²) in [5.41, 5.74) is 4.06. The third-order valence-electron chi connectivity index (χ3n) is 4.64. The molecule has 0 aliphatic rings. The number of pyridine rings is 1. The summed E-state index contributed by atoms with van der Waals surface area (Å²) in [7, 11) is 0. The number of fused-ring (bicyclic) bond motifs is 1. The lowest BCUT2D eigenvalue weighted by atomic mass is 10.1. The Hall–Kier alpha value is -3.67. The predicted molar refractivity (Wildman–Crippen MR) is 112 cm³/mol. The van der Waals surface area contributed by atoms with Crippen molar-refractivity contribution in [3.63, 3.8) is 0 Å². The van der Waals surface area contributed by atoms with Crippen LogP contribution in [0.5, 0.6) is 5.75 Å². The van der Waals surface area contributed by atoms with Gasteiger partial charge in [0.1, 0.15) is 17.1 Å². The van der Waals surface area contributed by atoms with Gasteiger partial charge < -0.3 is 10.1 Å². The normalized spacial score (nSPS) is 10.8. The third kappa shape index (κ3) is 3.96. The maximum atomic E-state index is 12.7. The van der Waals surface area contributed by atoms with Crippen LogP contribution in [0.3, 0.4) is 0 Å². The molecule has 2 aromatic carbocycles. The van der Waals surface area contributed by atoms with E-state index in [2.05, 4.69) is 15.3 Å². The summed E-state index contributed by atoms with van der Waals surface area (Å²) < 4.78 is 7.40. The first-order valence-electron chi connectivity index (χ1n) is 9.56. The van der Waals surface area contributed by atoms with Crippen LogP contribution < -0.4 is 10.1 Å². The first kappa shape index (κ1) is 18.7. The Morgan fingerprint density at radius 3 is 2.72 bits per heavy atom. The Bertz CT molecular complexity index is 1150. The fourth-order valence-electron chi connectivity index (χ4n) is 3.28. The summed E-state index contributed by atoms with van der Waals surface area (Å²) in [6, 6.07) is 19.0. The molecule has 0 bridgehead atoms. The first-order chi connectivity index (χ1) is 14.2. The molecule has 0 atom stereocenters. The fraction of sp³-hybridized carbons (Fsp3) is 0.174. The van der Waals surface area contributed by atoms with Crippen molar-refractivity contribution >= 4 is 17.1 Å². The number of carbonyl (C=O) groups excluding carboxylic acids is 1. The molecular formula is C23H22N4O2. The second-order valence-corrected chi connectivity index (χ2v) is 6.65. The van der Waals surface area contributed by atoms with Crippen molar-refractivity contribution in [2.75, 3.05) is 6.61 Å². The lowest BCUT2D eigenvalue weighted by Crippen LogP contribution is -2.22. The van der Waals surface area contributed by atoms with Crippen molar-refractivity contribution in [3.8, 4) is 11.4 Å². The molecule has 146 valence electrons. The molecule has 0 saturated carbocycles. The van der Waals surface area contributed by atoms with Gasteiger partial charge in [0.2, 0.25) is 0 Å². The summed E-state index contributed by atoms with van der Waals surface area (Å²) in [6.45, 7) is 4.96. The minimum absolute atomic E-state index is 0.129. The molecule has 6 heteroatoms. The van der Waals surface area contributed by atoms with Gasteiger partial charge in [0.05, 0.1) is 6.61 Å². The number of benzene rings is 2. The van der Waals surface area contributed by atoms with Crippen LogP contribution in [0.25, 0.3) is 16.9 Å². The molecular weight excluding hydrogens is 364 g/mol. The number of imidazole rings is 1. The molecule has 4 rings (SSSR count). The molecule has 6 nitrogen and oxygen atoms in total. The van der Waals surface area contributed by atoms with Crippen LogP contribution in [0.15, 0.2) is 66.9 Å². The summed E-state index contributed by atoms with van der Waals surface area (Å²) in [4.78, 5) is 21.7. The highest BCUT2D eigenvalue weighted by Gasteiger charge is 2.12. The number of aromatic nitrogens is 3. The number of rotatable bonds is 6. The Balaban J connectivity index is 1.52. The van der Waals surface area contributed by atoms with E-state index in [9.17, 15) is 4.79 Å². The minimum Gasteiger partial charge on any atom is -0.494 e. The lowest BCUT2D eigenvalue weighted by molar-refractivity contribution is 0.0951. The largest absolute Gasteiger partial charge is 0.494 e. The van der Waals surface area contributed by atoms with Gasteiger partial charge in [-0.15, -0.1) is 0 Å². The number of carbonyl (C=O) groups is 1. The molecule has 0 unspecified atom stereocenters. The SMILES string of the molecule is CCOc1ccc(CNC(=O)c2cccc(-n3c(C)nc4cccnc43)c2)cc1. The highest BCUT2D eigenvalue weighted by Crippen LogP contribution is 2.20. The molecule has 29 heavy (non-hydrogen) atoms. The predicted octanol–water partition coefficient (Wildman–Crippen LogP) is 4.06. The van der Waals surface area contributed by atoms with E-state index in [1.165, 1.54) is 0 Å². The van der Waals surface area contributed by atoms with Crippen LogP contribution in [0, 0.1) is 6.92 Å². The number of nitrogens with zero attached hydrogens (tertiary/aromatic N) is 3. The van der Waals surface area contributed by atoms with Gasteiger partial charge in [0.15, 0.2) is 5.65 Å². The topological polar surface area (TPSA) is 69.0 Å². The summed E-state index contributed by atoms with van der Waals surface area (Å²) >= 11 is 0. The summed E-state index contributed by atoms with van der Waals surface area (Å²) in [6.07, 6.45) is 1.74. The fourth-order valence-corrected chi connectivity index (χ4v) is 3.28. The molecule has 0 radical (unpaired) electrons. The van der Waals surface area contributed by atoms with E-state index in [-0.39, 0.29) is 5.91 Å². The van der Waals surface area contributed by atoms with Crippen LogP contribution in [-0.2, 0) is 6.54 Å². The molecule has 0 aliphatic carbocycles. The number of nitrogens with one attached hydrogen (secondary N) is 1. The second-order valence-electron chi connectivity index (χ2n) is 6.65. The zero-order valence-electron chi connectivity index (χ0n) is 16.4. The van der Waals surface area contributed by atoms with Gasteiger partial charge in [-0.25, -0.2) is 9.97 Å². The van der Waals surface area contributed by atoms with E-state index in [0.29, 0.717) is 18.7 Å². The van der Waals surface area contributed by atoms with Crippen molar-refractivity contribution in [3.05, 3.63) is 83.8 Å². The van der Waals surface area contributed by atoms with E-state index >= 15 is 0 Å². The average Bonchev–Trinajstić information content (AvgIpc) is 3.09. The quantitative estimate of drug-likeness (QED) is 0.543. The van der Waals surface area contributed by atoms with Crippen molar-refractivity contribution in [2.45, 2.75) is 20.4 Å². The van der Waals surface area contributed by atoms with Gasteiger partial charge >= 0.3 is 0 Å². The van der Waals surface area contributed by atoms with Gasteiger partial charge in [-0.1, -0.05) is 18.2 Å². The molecule has 0 spiro atoms. The van der Waals surface area contributed by atoms with E-state index < -0.39 is 0 Å². The van der Waals surface area contributed by atoms with Crippen LogP contribution >= 0.6 is 0 Å². The van der Waals surface area contributed by atoms with Crippen LogP contribution in [0.4, 0.5) is 0 Å². The Labute approximate surface area is 169 Å². The second kappa shape index (κ2) is 8.14. The standard InChI is InChI=1S/C23H22N4O2/c1-3-29-20-11-9-17(10-12-20)15-25-23(28)18-6-4-7-19(14-18)27-16(2)26-21-8-5-13-24-22(21)27/h4-14H,3,15H2,1-2H3,(H,25,28). The zero-order valence-corrected chi connectivity index (χ0v) is 16.4. The minimum atomic E-state index is -0.129. The average molecular weight is 386 g/mol. The lowest BCUT2D eigenvalue weighted by Gasteiger charge is -2.10. The maximum Gasteiger partial charge on any atom is 0.251 e. The van der Waals surface area contributed by atoms with E-state index in [1.807, 2.05) is 73.0 Å². The Kier molecular flexibility index (Phi) is 5.24. The number of amides is 1. The van der Waals surface area contributed by atoms with E-state index in [4.69, 9.17) is 4.74 Å². The van der Waals surface area contributed by atoms with Crippen molar-refractivity contribution < 1.29 is 9.53 Å². The molecule has 2 heterocycles. The van der Waals surface area contributed by atoms with Crippen molar-refractivity contribution in [1.82, 2.24) is 19.9 Å². The number of aryl methyl sites for hydroxylation is 1. The molecule has 1 N–H and O–H groups in total. The summed E-state index contributed by atoms with van der Waals surface area (Å²) in [5.74, 6) is 1.52. The molecule has 0 saturated heterocycles. The van der Waals surface area contributed by atoms with Crippen molar-refractivity contribution in [1.29, 1.82) is 0 Å². The van der Waals surface area contributed by atoms with E-state index in [0.717, 1.165) is 34.0 Å². The Morgan fingerprint density at radius 2 is 1.93 bits per heavy atom. The zero-order chi connectivity index (χ0) is 20.2. The van der Waals surface area contributed by atoms with Gasteiger partial charge in [-0.2, -0.15) is 0 Å². The first-order valence-corrected chi connectivity index (χ1v) is 9.56. The monoisotopic (exact) mass is 386 g/mol. The van der Waals surface area contributed by atoms with Crippen molar-refractivity contribution in [2.24, 2.45) is 0 Å². The number of ether oxygens (including phenoxy) is 1.